The van der Waals surface area contributed by atoms with Crippen LogP contribution in [0.5, 0.6) is 0 Å². The van der Waals surface area contributed by atoms with Crippen molar-refractivity contribution in [3.05, 3.63) is 65.2 Å². The molecule has 0 aromatic heterocycles. The number of carbonyl (C=O) groups is 1. The molecule has 0 N–H and O–H groups in total. The van der Waals surface area contributed by atoms with E-state index >= 15 is 0 Å². The van der Waals surface area contributed by atoms with E-state index < -0.39 is 10.0 Å². The summed E-state index contributed by atoms with van der Waals surface area (Å²) < 4.78 is 26.7. The fraction of sp³-hybridized carbons (Fsp3) is 0.333. The first-order valence-electron chi connectivity index (χ1n) is 9.08. The second-order valence-electron chi connectivity index (χ2n) is 6.67. The number of hydrogen-bond donors (Lipinski definition) is 0. The highest BCUT2D eigenvalue weighted by molar-refractivity contribution is 7.89. The normalized spacial score (nSPS) is 11.2. The van der Waals surface area contributed by atoms with Crippen LogP contribution in [0.4, 0.5) is 0 Å². The van der Waals surface area contributed by atoms with Crippen LogP contribution < -0.4 is 0 Å². The molecule has 0 bridgehead atoms. The van der Waals surface area contributed by atoms with Gasteiger partial charge in [-0.25, -0.2) is 8.42 Å². The lowest BCUT2D eigenvalue weighted by Crippen LogP contribution is -2.41. The minimum absolute atomic E-state index is 0.0619. The molecule has 0 aliphatic carbocycles. The lowest BCUT2D eigenvalue weighted by molar-refractivity contribution is -0.131. The average molecular weight is 400 g/mol. The smallest absolute Gasteiger partial charge is 0.244 e. The Kier molecular flexibility index (Phi) is 7.32. The van der Waals surface area contributed by atoms with Crippen molar-refractivity contribution in [1.29, 1.82) is 5.26 Å². The van der Waals surface area contributed by atoms with E-state index in [0.717, 1.165) is 21.9 Å². The van der Waals surface area contributed by atoms with E-state index in [9.17, 15) is 18.5 Å². The number of carbonyl (C=O) groups excluding carboxylic acids is 1. The number of hydrogen-bond acceptors (Lipinski definition) is 4. The molecule has 0 saturated heterocycles. The minimum atomic E-state index is -3.94. The summed E-state index contributed by atoms with van der Waals surface area (Å²) in [6.07, 6.45) is 0.769. The number of likely N-dealkylation sites (N-methyl/N-ethyl adjacent to an activating group) is 1. The van der Waals surface area contributed by atoms with Crippen LogP contribution in [-0.2, 0) is 21.4 Å². The van der Waals surface area contributed by atoms with E-state index in [-0.39, 0.29) is 22.9 Å². The van der Waals surface area contributed by atoms with Crippen molar-refractivity contribution in [3.8, 4) is 6.07 Å². The maximum atomic E-state index is 12.8. The first kappa shape index (κ1) is 21.6. The molecule has 28 heavy (non-hydrogen) atoms. The molecular formula is C21H25N3O3S. The van der Waals surface area contributed by atoms with E-state index in [4.69, 9.17) is 0 Å². The standard InChI is InChI=1S/C21H25N3O3S/c1-4-13-24(15-18-11-9-17(2)10-12-18)21(25)16-23(3)28(26,27)20-8-6-5-7-19(20)14-22/h5-12H,4,13,15-16H2,1-3H3. The van der Waals surface area contributed by atoms with Crippen LogP contribution in [0, 0.1) is 18.3 Å². The summed E-state index contributed by atoms with van der Waals surface area (Å²) in [6, 6.07) is 15.8. The fourth-order valence-corrected chi connectivity index (χ4v) is 4.06. The molecule has 0 aliphatic rings. The Morgan fingerprint density at radius 2 is 1.75 bits per heavy atom. The molecule has 2 aromatic rings. The number of amides is 1. The van der Waals surface area contributed by atoms with E-state index in [1.54, 1.807) is 17.0 Å². The van der Waals surface area contributed by atoms with Crippen LogP contribution >= 0.6 is 0 Å². The van der Waals surface area contributed by atoms with Gasteiger partial charge in [0.05, 0.1) is 17.0 Å². The third-order valence-corrected chi connectivity index (χ3v) is 6.26. The summed E-state index contributed by atoms with van der Waals surface area (Å²) in [5, 5.41) is 9.18. The summed E-state index contributed by atoms with van der Waals surface area (Å²) in [5.74, 6) is -0.275. The predicted molar refractivity (Wildman–Crippen MR) is 108 cm³/mol. The van der Waals surface area contributed by atoms with Crippen LogP contribution in [-0.4, -0.2) is 43.7 Å². The maximum Gasteiger partial charge on any atom is 0.244 e. The number of sulfonamides is 1. The van der Waals surface area contributed by atoms with Crippen LogP contribution in [0.3, 0.4) is 0 Å². The van der Waals surface area contributed by atoms with Gasteiger partial charge in [-0.05, 0) is 31.0 Å². The van der Waals surface area contributed by atoms with Crippen molar-refractivity contribution in [2.24, 2.45) is 0 Å². The first-order valence-corrected chi connectivity index (χ1v) is 10.5. The van der Waals surface area contributed by atoms with Crippen molar-refractivity contribution in [3.63, 3.8) is 0 Å². The number of benzene rings is 2. The second kappa shape index (κ2) is 9.49. The molecule has 0 aliphatic heterocycles. The monoisotopic (exact) mass is 399 g/mol. The molecule has 0 heterocycles. The van der Waals surface area contributed by atoms with Gasteiger partial charge in [0.25, 0.3) is 0 Å². The topological polar surface area (TPSA) is 81.5 Å². The average Bonchev–Trinajstić information content (AvgIpc) is 2.69. The molecule has 0 spiro atoms. The van der Waals surface area contributed by atoms with Crippen molar-refractivity contribution in [2.45, 2.75) is 31.7 Å². The van der Waals surface area contributed by atoms with Gasteiger partial charge in [-0.15, -0.1) is 0 Å². The van der Waals surface area contributed by atoms with Crippen LogP contribution in [0.25, 0.3) is 0 Å². The number of nitrogens with zero attached hydrogens (tertiary/aromatic N) is 3. The Morgan fingerprint density at radius 3 is 2.36 bits per heavy atom. The molecule has 0 saturated carbocycles. The second-order valence-corrected chi connectivity index (χ2v) is 8.68. The van der Waals surface area contributed by atoms with E-state index in [1.807, 2.05) is 44.2 Å². The summed E-state index contributed by atoms with van der Waals surface area (Å²) >= 11 is 0. The molecule has 148 valence electrons. The van der Waals surface area contributed by atoms with Gasteiger partial charge in [0, 0.05) is 20.1 Å². The van der Waals surface area contributed by atoms with Crippen LogP contribution in [0.15, 0.2) is 53.4 Å². The molecule has 0 radical (unpaired) electrons. The molecule has 0 fully saturated rings. The summed E-state index contributed by atoms with van der Waals surface area (Å²) in [4.78, 5) is 14.4. The Bertz CT molecular complexity index is 963. The first-order chi connectivity index (χ1) is 13.3. The molecule has 0 atom stereocenters. The lowest BCUT2D eigenvalue weighted by atomic mass is 10.1. The zero-order chi connectivity index (χ0) is 20.7. The van der Waals surface area contributed by atoms with Crippen molar-refractivity contribution in [1.82, 2.24) is 9.21 Å². The number of aryl methyl sites for hydroxylation is 1. The zero-order valence-electron chi connectivity index (χ0n) is 16.4. The zero-order valence-corrected chi connectivity index (χ0v) is 17.2. The molecular weight excluding hydrogens is 374 g/mol. The third kappa shape index (κ3) is 5.18. The van der Waals surface area contributed by atoms with Crippen LogP contribution in [0.1, 0.15) is 30.0 Å². The molecule has 6 nitrogen and oxygen atoms in total. The SMILES string of the molecule is CCCN(Cc1ccc(C)cc1)C(=O)CN(C)S(=O)(=O)c1ccccc1C#N. The minimum Gasteiger partial charge on any atom is -0.337 e. The van der Waals surface area contributed by atoms with E-state index in [1.165, 1.54) is 19.2 Å². The van der Waals surface area contributed by atoms with Gasteiger partial charge in [-0.2, -0.15) is 9.57 Å². The largest absolute Gasteiger partial charge is 0.337 e. The van der Waals surface area contributed by atoms with E-state index in [2.05, 4.69) is 0 Å². The van der Waals surface area contributed by atoms with E-state index in [0.29, 0.717) is 13.1 Å². The molecule has 2 rings (SSSR count). The number of rotatable bonds is 8. The van der Waals surface area contributed by atoms with Gasteiger partial charge in [0.2, 0.25) is 15.9 Å². The highest BCUT2D eigenvalue weighted by Crippen LogP contribution is 2.19. The van der Waals surface area contributed by atoms with Gasteiger partial charge < -0.3 is 4.90 Å². The van der Waals surface area contributed by atoms with Gasteiger partial charge in [-0.3, -0.25) is 4.79 Å². The Labute approximate surface area is 167 Å². The van der Waals surface area contributed by atoms with Gasteiger partial charge in [0.1, 0.15) is 6.07 Å². The Balaban J connectivity index is 2.17. The fourth-order valence-electron chi connectivity index (χ4n) is 2.80. The Morgan fingerprint density at radius 1 is 1.11 bits per heavy atom. The summed E-state index contributed by atoms with van der Waals surface area (Å²) in [6.45, 7) is 4.65. The van der Waals surface area contributed by atoms with Crippen molar-refractivity contribution in [2.75, 3.05) is 20.1 Å². The highest BCUT2D eigenvalue weighted by Gasteiger charge is 2.27. The van der Waals surface area contributed by atoms with Crippen molar-refractivity contribution >= 4 is 15.9 Å². The lowest BCUT2D eigenvalue weighted by Gasteiger charge is -2.25. The Hall–Kier alpha value is -2.69. The molecule has 1 amide bonds. The molecule has 7 heteroatoms. The van der Waals surface area contributed by atoms with Crippen LogP contribution in [0.2, 0.25) is 0 Å². The summed E-state index contributed by atoms with van der Waals surface area (Å²) in [5.41, 5.74) is 2.19. The molecule has 2 aromatic carbocycles. The maximum absolute atomic E-state index is 12.8. The highest BCUT2D eigenvalue weighted by atomic mass is 32.2. The summed E-state index contributed by atoms with van der Waals surface area (Å²) in [7, 11) is -2.58. The van der Waals surface area contributed by atoms with Gasteiger partial charge >= 0.3 is 0 Å². The van der Waals surface area contributed by atoms with Crippen molar-refractivity contribution < 1.29 is 13.2 Å². The molecule has 0 unspecified atom stereocenters. The predicted octanol–water partition coefficient (Wildman–Crippen LogP) is 2.93. The quantitative estimate of drug-likeness (QED) is 0.683. The third-order valence-electron chi connectivity index (χ3n) is 4.39. The van der Waals surface area contributed by atoms with Gasteiger partial charge in [-0.1, -0.05) is 48.9 Å². The number of nitriles is 1. The van der Waals surface area contributed by atoms with Gasteiger partial charge in [0.15, 0.2) is 0 Å².